The van der Waals surface area contributed by atoms with Crippen LogP contribution in [-0.2, 0) is 10.2 Å². The van der Waals surface area contributed by atoms with Gasteiger partial charge in [-0.3, -0.25) is 4.79 Å². The third-order valence-corrected chi connectivity index (χ3v) is 2.83. The highest BCUT2D eigenvalue weighted by Crippen LogP contribution is 2.28. The van der Waals surface area contributed by atoms with Gasteiger partial charge < -0.3 is 5.73 Å². The van der Waals surface area contributed by atoms with Crippen molar-refractivity contribution in [1.29, 1.82) is 5.26 Å². The summed E-state index contributed by atoms with van der Waals surface area (Å²) in [6.45, 7) is 1.82. The fourth-order valence-electron chi connectivity index (χ4n) is 1.64. The number of benzene rings is 1. The Morgan fingerprint density at radius 2 is 2.12 bits per heavy atom. The smallest absolute Gasteiger partial charge is 0.227 e. The van der Waals surface area contributed by atoms with Crippen LogP contribution in [0.3, 0.4) is 0 Å². The minimum atomic E-state index is -0.700. The van der Waals surface area contributed by atoms with E-state index in [-0.39, 0.29) is 5.91 Å². The molecule has 1 radical (unpaired) electrons. The van der Waals surface area contributed by atoms with Crippen molar-refractivity contribution in [3.8, 4) is 6.07 Å². The summed E-state index contributed by atoms with van der Waals surface area (Å²) in [7, 11) is 0. The van der Waals surface area contributed by atoms with Gasteiger partial charge >= 0.3 is 0 Å². The lowest BCUT2D eigenvalue weighted by Crippen LogP contribution is -2.38. The van der Waals surface area contributed by atoms with Crippen LogP contribution >= 0.6 is 0 Å². The zero-order valence-corrected chi connectivity index (χ0v) is 9.31. The molecular formula is C13H15N2O. The summed E-state index contributed by atoms with van der Waals surface area (Å²) < 4.78 is 0. The number of hydrogen-bond acceptors (Lipinski definition) is 2. The Balaban J connectivity index is 2.90. The summed E-state index contributed by atoms with van der Waals surface area (Å²) in [4.78, 5) is 11.5. The summed E-state index contributed by atoms with van der Waals surface area (Å²) in [6, 6.07) is 11.4. The lowest BCUT2D eigenvalue weighted by Gasteiger charge is -2.26. The van der Waals surface area contributed by atoms with Crippen LogP contribution in [0, 0.1) is 17.8 Å². The number of amides is 1. The maximum Gasteiger partial charge on any atom is 0.227 e. The SMILES string of the molecule is C[C@@](CC[CH]C#N)(C(N)=O)c1ccccc1. The van der Waals surface area contributed by atoms with Gasteiger partial charge in [0.05, 0.1) is 17.9 Å². The minimum absolute atomic E-state index is 0.356. The molecule has 0 aromatic heterocycles. The molecule has 0 spiro atoms. The molecule has 0 saturated carbocycles. The predicted octanol–water partition coefficient (Wildman–Crippen LogP) is 1.94. The summed E-state index contributed by atoms with van der Waals surface area (Å²) in [5.41, 5.74) is 5.65. The van der Waals surface area contributed by atoms with Crippen molar-refractivity contribution in [2.75, 3.05) is 0 Å². The van der Waals surface area contributed by atoms with Crippen LogP contribution in [-0.4, -0.2) is 5.91 Å². The number of nitrogens with zero attached hydrogens (tertiary/aromatic N) is 1. The topological polar surface area (TPSA) is 66.9 Å². The number of nitrogens with two attached hydrogens (primary N) is 1. The fourth-order valence-corrected chi connectivity index (χ4v) is 1.64. The third kappa shape index (κ3) is 2.60. The van der Waals surface area contributed by atoms with Gasteiger partial charge in [0, 0.05) is 0 Å². The Morgan fingerprint density at radius 3 is 2.62 bits per heavy atom. The molecule has 1 aromatic rings. The molecule has 1 aromatic carbocycles. The first-order chi connectivity index (χ1) is 7.61. The van der Waals surface area contributed by atoms with Gasteiger partial charge in [0.25, 0.3) is 0 Å². The molecular weight excluding hydrogens is 200 g/mol. The van der Waals surface area contributed by atoms with E-state index in [1.54, 1.807) is 0 Å². The number of hydrogen-bond donors (Lipinski definition) is 1. The summed E-state index contributed by atoms with van der Waals surface area (Å²) >= 11 is 0. The lowest BCUT2D eigenvalue weighted by atomic mass is 9.77. The second-order valence-corrected chi connectivity index (χ2v) is 3.93. The lowest BCUT2D eigenvalue weighted by molar-refractivity contribution is -0.123. The average molecular weight is 215 g/mol. The van der Waals surface area contributed by atoms with Crippen molar-refractivity contribution in [1.82, 2.24) is 0 Å². The number of carbonyl (C=O) groups is 1. The van der Waals surface area contributed by atoms with Crippen LogP contribution in [0.25, 0.3) is 0 Å². The largest absolute Gasteiger partial charge is 0.369 e. The molecule has 1 rings (SSSR count). The summed E-state index contributed by atoms with van der Waals surface area (Å²) in [6.07, 6.45) is 2.61. The molecule has 0 heterocycles. The Bertz CT molecular complexity index is 394. The first kappa shape index (κ1) is 12.3. The standard InChI is InChI=1S/C13H15N2O/c1-13(12(15)16,9-5-6-10-14)11-7-3-2-4-8-11/h2-4,6-8H,5,9H2,1H3,(H2,15,16)/t13-/m0/s1. The number of carbonyl (C=O) groups excluding carboxylic acids is 1. The Kier molecular flexibility index (Phi) is 4.07. The van der Waals surface area contributed by atoms with E-state index in [4.69, 9.17) is 11.0 Å². The van der Waals surface area contributed by atoms with Crippen LogP contribution in [0.1, 0.15) is 25.3 Å². The van der Waals surface area contributed by atoms with Gasteiger partial charge in [-0.25, -0.2) is 0 Å². The number of unbranched alkanes of at least 4 members (excludes halogenated alkanes) is 1. The molecule has 0 saturated heterocycles. The van der Waals surface area contributed by atoms with Gasteiger partial charge in [-0.2, -0.15) is 5.26 Å². The molecule has 0 aliphatic rings. The average Bonchev–Trinajstić information content (AvgIpc) is 2.30. The van der Waals surface area contributed by atoms with Gasteiger partial charge in [0.1, 0.15) is 0 Å². The van der Waals surface area contributed by atoms with E-state index in [1.807, 2.05) is 43.3 Å². The van der Waals surface area contributed by atoms with Crippen LogP contribution < -0.4 is 5.73 Å². The van der Waals surface area contributed by atoms with Gasteiger partial charge in [-0.05, 0) is 25.3 Å². The predicted molar refractivity (Wildman–Crippen MR) is 62.1 cm³/mol. The molecule has 1 amide bonds. The monoisotopic (exact) mass is 215 g/mol. The molecule has 3 heteroatoms. The minimum Gasteiger partial charge on any atom is -0.369 e. The maximum atomic E-state index is 11.5. The molecule has 0 aliphatic carbocycles. The van der Waals surface area contributed by atoms with Crippen LogP contribution in [0.15, 0.2) is 30.3 Å². The summed E-state index contributed by atoms with van der Waals surface area (Å²) in [5.74, 6) is -0.356. The molecule has 16 heavy (non-hydrogen) atoms. The first-order valence-electron chi connectivity index (χ1n) is 5.18. The quantitative estimate of drug-likeness (QED) is 0.763. The van der Waals surface area contributed by atoms with Crippen LogP contribution in [0.5, 0.6) is 0 Å². The molecule has 1 atom stereocenters. The van der Waals surface area contributed by atoms with E-state index in [2.05, 4.69) is 0 Å². The highest BCUT2D eigenvalue weighted by atomic mass is 16.1. The molecule has 0 aliphatic heterocycles. The van der Waals surface area contributed by atoms with E-state index in [0.717, 1.165) is 5.56 Å². The van der Waals surface area contributed by atoms with E-state index in [0.29, 0.717) is 12.8 Å². The zero-order chi connectivity index (χ0) is 12.0. The Hall–Kier alpha value is -1.82. The van der Waals surface area contributed by atoms with E-state index in [1.165, 1.54) is 6.42 Å². The highest BCUT2D eigenvalue weighted by molar-refractivity contribution is 5.86. The second kappa shape index (κ2) is 5.32. The number of nitriles is 1. The fraction of sp³-hybridized carbons (Fsp3) is 0.308. The van der Waals surface area contributed by atoms with Gasteiger partial charge in [-0.15, -0.1) is 0 Å². The Labute approximate surface area is 95.9 Å². The highest BCUT2D eigenvalue weighted by Gasteiger charge is 2.32. The first-order valence-corrected chi connectivity index (χ1v) is 5.18. The van der Waals surface area contributed by atoms with Crippen molar-refractivity contribution in [3.63, 3.8) is 0 Å². The maximum absolute atomic E-state index is 11.5. The van der Waals surface area contributed by atoms with Crippen molar-refractivity contribution >= 4 is 5.91 Å². The van der Waals surface area contributed by atoms with Crippen molar-refractivity contribution in [3.05, 3.63) is 42.3 Å². The molecule has 3 nitrogen and oxygen atoms in total. The molecule has 0 unspecified atom stereocenters. The normalized spacial score (nSPS) is 13.8. The van der Waals surface area contributed by atoms with Gasteiger partial charge in [0.2, 0.25) is 5.91 Å². The van der Waals surface area contributed by atoms with Gasteiger partial charge in [-0.1, -0.05) is 30.3 Å². The Morgan fingerprint density at radius 1 is 1.50 bits per heavy atom. The van der Waals surface area contributed by atoms with Crippen LogP contribution in [0.4, 0.5) is 0 Å². The van der Waals surface area contributed by atoms with Crippen molar-refractivity contribution < 1.29 is 4.79 Å². The molecule has 83 valence electrons. The third-order valence-electron chi connectivity index (χ3n) is 2.83. The van der Waals surface area contributed by atoms with Crippen molar-refractivity contribution in [2.24, 2.45) is 5.73 Å². The van der Waals surface area contributed by atoms with E-state index in [9.17, 15) is 4.79 Å². The molecule has 2 N–H and O–H groups in total. The van der Waals surface area contributed by atoms with Gasteiger partial charge in [0.15, 0.2) is 0 Å². The van der Waals surface area contributed by atoms with Crippen molar-refractivity contribution in [2.45, 2.75) is 25.2 Å². The van der Waals surface area contributed by atoms with E-state index >= 15 is 0 Å². The van der Waals surface area contributed by atoms with Crippen LogP contribution in [0.2, 0.25) is 0 Å². The second-order valence-electron chi connectivity index (χ2n) is 3.93. The number of rotatable bonds is 5. The molecule has 0 fully saturated rings. The number of primary amides is 1. The summed E-state index contributed by atoms with van der Waals surface area (Å²) in [5, 5.41) is 8.45. The molecule has 0 bridgehead atoms. The van der Waals surface area contributed by atoms with E-state index < -0.39 is 5.41 Å². The zero-order valence-electron chi connectivity index (χ0n) is 9.31.